The lowest BCUT2D eigenvalue weighted by Crippen LogP contribution is -1.96. The number of isocyanates is 1. The summed E-state index contributed by atoms with van der Waals surface area (Å²) in [7, 11) is 0. The zero-order valence-corrected chi connectivity index (χ0v) is 8.91. The first-order chi connectivity index (χ1) is 6.24. The first-order valence-electron chi connectivity index (χ1n) is 4.03. The summed E-state index contributed by atoms with van der Waals surface area (Å²) in [6.07, 6.45) is 1.55. The molecule has 2 nitrogen and oxygen atoms in total. The highest BCUT2D eigenvalue weighted by atomic mass is 79.9. The minimum absolute atomic E-state index is 0.273. The summed E-state index contributed by atoms with van der Waals surface area (Å²) in [5, 5.41) is 0. The molecule has 0 saturated carbocycles. The first-order valence-corrected chi connectivity index (χ1v) is 4.82. The first kappa shape index (κ1) is 10.2. The van der Waals surface area contributed by atoms with Gasteiger partial charge >= 0.3 is 0 Å². The molecule has 0 amide bonds. The molecule has 1 atom stereocenters. The van der Waals surface area contributed by atoms with E-state index in [0.717, 1.165) is 4.47 Å². The monoisotopic (exact) mass is 239 g/mol. The molecular weight excluding hydrogens is 230 g/mol. The van der Waals surface area contributed by atoms with E-state index in [1.807, 2.05) is 31.2 Å². The number of rotatable bonds is 3. The van der Waals surface area contributed by atoms with Crippen LogP contribution in [0.1, 0.15) is 18.4 Å². The second-order valence-corrected chi connectivity index (χ2v) is 3.80. The van der Waals surface area contributed by atoms with Gasteiger partial charge in [-0.15, -0.1) is 0 Å². The largest absolute Gasteiger partial charge is 0.234 e. The second-order valence-electron chi connectivity index (χ2n) is 2.88. The van der Waals surface area contributed by atoms with Crippen LogP contribution in [0.2, 0.25) is 0 Å². The minimum atomic E-state index is 0.273. The summed E-state index contributed by atoms with van der Waals surface area (Å²) >= 11 is 3.36. The van der Waals surface area contributed by atoms with E-state index in [4.69, 9.17) is 0 Å². The normalized spacial score (nSPS) is 11.8. The summed E-state index contributed by atoms with van der Waals surface area (Å²) in [4.78, 5) is 13.4. The highest BCUT2D eigenvalue weighted by molar-refractivity contribution is 9.10. The number of aliphatic imine (C=N–C) groups is 1. The van der Waals surface area contributed by atoms with Crippen LogP contribution in [-0.2, 0) is 4.79 Å². The van der Waals surface area contributed by atoms with Gasteiger partial charge in [-0.25, -0.2) is 9.79 Å². The maximum atomic E-state index is 9.90. The fourth-order valence-electron chi connectivity index (χ4n) is 1.07. The zero-order valence-electron chi connectivity index (χ0n) is 7.33. The molecule has 13 heavy (non-hydrogen) atoms. The van der Waals surface area contributed by atoms with Crippen LogP contribution in [0.25, 0.3) is 0 Å². The predicted molar refractivity (Wildman–Crippen MR) is 55.5 cm³/mol. The lowest BCUT2D eigenvalue weighted by atomic mass is 10.0. The Hall–Kier alpha value is -0.920. The SMILES string of the molecule is CC(CN=C=O)c1ccc(Br)cc1. The molecule has 1 rings (SSSR count). The molecule has 0 saturated heterocycles. The fraction of sp³-hybridized carbons (Fsp3) is 0.300. The molecule has 0 aliphatic rings. The van der Waals surface area contributed by atoms with Gasteiger partial charge in [-0.2, -0.15) is 0 Å². The van der Waals surface area contributed by atoms with Crippen LogP contribution in [0.15, 0.2) is 33.7 Å². The average molecular weight is 240 g/mol. The van der Waals surface area contributed by atoms with Crippen LogP contribution in [0.3, 0.4) is 0 Å². The Bertz CT molecular complexity index is 314. The Kier molecular flexibility index (Phi) is 3.87. The van der Waals surface area contributed by atoms with Crippen molar-refractivity contribution in [3.63, 3.8) is 0 Å². The smallest absolute Gasteiger partial charge is 0.211 e. The maximum absolute atomic E-state index is 9.90. The Labute approximate surface area is 85.8 Å². The molecule has 0 aliphatic heterocycles. The van der Waals surface area contributed by atoms with Crippen molar-refractivity contribution in [3.8, 4) is 0 Å². The van der Waals surface area contributed by atoms with E-state index in [0.29, 0.717) is 6.54 Å². The quantitative estimate of drug-likeness (QED) is 0.590. The van der Waals surface area contributed by atoms with Gasteiger partial charge in [0.1, 0.15) is 0 Å². The van der Waals surface area contributed by atoms with Crippen molar-refractivity contribution in [2.24, 2.45) is 4.99 Å². The van der Waals surface area contributed by atoms with Crippen LogP contribution in [0, 0.1) is 0 Å². The summed E-state index contributed by atoms with van der Waals surface area (Å²) in [6, 6.07) is 8.01. The third kappa shape index (κ3) is 3.13. The van der Waals surface area contributed by atoms with Crippen molar-refractivity contribution < 1.29 is 4.79 Å². The number of benzene rings is 1. The molecular formula is C10H10BrNO. The Morgan fingerprint density at radius 3 is 2.62 bits per heavy atom. The summed E-state index contributed by atoms with van der Waals surface area (Å²) in [5.74, 6) is 0.273. The van der Waals surface area contributed by atoms with Crippen molar-refractivity contribution in [2.45, 2.75) is 12.8 Å². The van der Waals surface area contributed by atoms with Gasteiger partial charge in [0.15, 0.2) is 0 Å². The van der Waals surface area contributed by atoms with Crippen LogP contribution in [-0.4, -0.2) is 12.6 Å². The molecule has 0 aromatic heterocycles. The number of halogens is 1. The van der Waals surface area contributed by atoms with Gasteiger partial charge in [-0.05, 0) is 17.7 Å². The third-order valence-electron chi connectivity index (χ3n) is 1.87. The van der Waals surface area contributed by atoms with E-state index >= 15 is 0 Å². The molecule has 1 aromatic carbocycles. The highest BCUT2D eigenvalue weighted by Gasteiger charge is 2.03. The topological polar surface area (TPSA) is 29.4 Å². The highest BCUT2D eigenvalue weighted by Crippen LogP contribution is 2.18. The van der Waals surface area contributed by atoms with Crippen LogP contribution < -0.4 is 0 Å². The van der Waals surface area contributed by atoms with Gasteiger partial charge < -0.3 is 0 Å². The van der Waals surface area contributed by atoms with E-state index in [1.165, 1.54) is 5.56 Å². The van der Waals surface area contributed by atoms with Crippen molar-refractivity contribution in [1.82, 2.24) is 0 Å². The lowest BCUT2D eigenvalue weighted by Gasteiger charge is -2.07. The van der Waals surface area contributed by atoms with Crippen LogP contribution in [0.4, 0.5) is 0 Å². The molecule has 0 aliphatic carbocycles. The van der Waals surface area contributed by atoms with E-state index in [9.17, 15) is 4.79 Å². The average Bonchev–Trinajstić information content (AvgIpc) is 2.15. The van der Waals surface area contributed by atoms with Gasteiger partial charge in [0.25, 0.3) is 0 Å². The molecule has 0 N–H and O–H groups in total. The molecule has 0 spiro atoms. The Morgan fingerprint density at radius 2 is 2.08 bits per heavy atom. The second kappa shape index (κ2) is 4.95. The number of hydrogen-bond acceptors (Lipinski definition) is 2. The molecule has 1 aromatic rings. The Morgan fingerprint density at radius 1 is 1.46 bits per heavy atom. The van der Waals surface area contributed by atoms with Gasteiger partial charge in [-0.1, -0.05) is 35.0 Å². The van der Waals surface area contributed by atoms with Crippen molar-refractivity contribution >= 4 is 22.0 Å². The van der Waals surface area contributed by atoms with Gasteiger partial charge in [0.2, 0.25) is 6.08 Å². The van der Waals surface area contributed by atoms with Gasteiger partial charge in [0, 0.05) is 10.4 Å². The zero-order chi connectivity index (χ0) is 9.68. The predicted octanol–water partition coefficient (Wildman–Crippen LogP) is 2.89. The van der Waals surface area contributed by atoms with Gasteiger partial charge in [-0.3, -0.25) is 0 Å². The molecule has 0 heterocycles. The molecule has 0 radical (unpaired) electrons. The fourth-order valence-corrected chi connectivity index (χ4v) is 1.34. The molecule has 1 unspecified atom stereocenters. The maximum Gasteiger partial charge on any atom is 0.234 e. The van der Waals surface area contributed by atoms with Crippen LogP contribution >= 0.6 is 15.9 Å². The van der Waals surface area contributed by atoms with E-state index in [1.54, 1.807) is 6.08 Å². The number of carbonyl (C=O) groups excluding carboxylic acids is 1. The van der Waals surface area contributed by atoms with Gasteiger partial charge in [0.05, 0.1) is 6.54 Å². The standard InChI is InChI=1S/C10H10BrNO/c1-8(6-12-7-13)9-2-4-10(11)5-3-9/h2-5,8H,6H2,1H3. The summed E-state index contributed by atoms with van der Waals surface area (Å²) in [5.41, 5.74) is 1.18. The summed E-state index contributed by atoms with van der Waals surface area (Å²) < 4.78 is 1.06. The van der Waals surface area contributed by atoms with E-state index < -0.39 is 0 Å². The number of hydrogen-bond donors (Lipinski definition) is 0. The molecule has 3 heteroatoms. The van der Waals surface area contributed by atoms with Crippen LogP contribution in [0.5, 0.6) is 0 Å². The van der Waals surface area contributed by atoms with Crippen molar-refractivity contribution in [1.29, 1.82) is 0 Å². The third-order valence-corrected chi connectivity index (χ3v) is 2.40. The number of nitrogens with zero attached hydrogens (tertiary/aromatic N) is 1. The minimum Gasteiger partial charge on any atom is -0.211 e. The molecule has 0 fully saturated rings. The van der Waals surface area contributed by atoms with Crippen molar-refractivity contribution in [2.75, 3.05) is 6.54 Å². The summed E-state index contributed by atoms with van der Waals surface area (Å²) in [6.45, 7) is 2.54. The molecule has 68 valence electrons. The van der Waals surface area contributed by atoms with E-state index in [-0.39, 0.29) is 5.92 Å². The van der Waals surface area contributed by atoms with Crippen molar-refractivity contribution in [3.05, 3.63) is 34.3 Å². The molecule has 0 bridgehead atoms. The van der Waals surface area contributed by atoms with E-state index in [2.05, 4.69) is 20.9 Å². The Balaban J connectivity index is 2.71. The lowest BCUT2D eigenvalue weighted by molar-refractivity contribution is 0.561.